The highest BCUT2D eigenvalue weighted by Crippen LogP contribution is 2.32. The summed E-state index contributed by atoms with van der Waals surface area (Å²) in [5.41, 5.74) is 3.53. The average molecular weight is 396 g/mol. The van der Waals surface area contributed by atoms with Crippen LogP contribution in [-0.2, 0) is 11.2 Å². The molecule has 0 spiro atoms. The molecule has 1 aromatic carbocycles. The molecular formula is C22H22ClN3O2. The van der Waals surface area contributed by atoms with Gasteiger partial charge in [-0.25, -0.2) is 4.98 Å². The van der Waals surface area contributed by atoms with E-state index in [9.17, 15) is 4.79 Å². The maximum Gasteiger partial charge on any atom is 0.269 e. The molecule has 1 fully saturated rings. The summed E-state index contributed by atoms with van der Waals surface area (Å²) in [6, 6.07) is 11.5. The lowest BCUT2D eigenvalue weighted by atomic mass is 9.89. The number of rotatable bonds is 5. The molecule has 1 amide bonds. The average Bonchev–Trinajstić information content (AvgIpc) is 2.75. The van der Waals surface area contributed by atoms with E-state index in [0.717, 1.165) is 54.5 Å². The molecule has 4 rings (SSSR count). The number of pyridine rings is 2. The lowest BCUT2D eigenvalue weighted by molar-refractivity contribution is 0.0855. The van der Waals surface area contributed by atoms with E-state index in [1.165, 1.54) is 0 Å². The Hall–Kier alpha value is -2.50. The molecule has 0 aliphatic carbocycles. The third-order valence-electron chi connectivity index (χ3n) is 5.15. The van der Waals surface area contributed by atoms with E-state index >= 15 is 0 Å². The molecule has 0 atom stereocenters. The number of nitrogens with one attached hydrogen (secondary N) is 1. The van der Waals surface area contributed by atoms with Crippen molar-refractivity contribution in [3.8, 4) is 0 Å². The second-order valence-electron chi connectivity index (χ2n) is 7.01. The first kappa shape index (κ1) is 18.8. The van der Waals surface area contributed by atoms with Crippen LogP contribution in [0.4, 0.5) is 0 Å². The third-order valence-corrected chi connectivity index (χ3v) is 5.40. The second kappa shape index (κ2) is 8.67. The van der Waals surface area contributed by atoms with E-state index in [1.807, 2.05) is 42.6 Å². The molecule has 2 aromatic heterocycles. The molecule has 0 unspecified atom stereocenters. The number of carbonyl (C=O) groups excluding carboxylic acids is 1. The summed E-state index contributed by atoms with van der Waals surface area (Å²) in [7, 11) is 0. The number of hydrogen-bond donors (Lipinski definition) is 1. The number of nitrogens with zero attached hydrogens (tertiary/aromatic N) is 2. The summed E-state index contributed by atoms with van der Waals surface area (Å²) in [5, 5.41) is 4.71. The summed E-state index contributed by atoms with van der Waals surface area (Å²) in [6.45, 7) is 2.04. The predicted molar refractivity (Wildman–Crippen MR) is 110 cm³/mol. The maximum atomic E-state index is 12.7. The summed E-state index contributed by atoms with van der Waals surface area (Å²) in [6.07, 6.45) is 6.20. The number of benzene rings is 1. The van der Waals surface area contributed by atoms with Gasteiger partial charge in [0.15, 0.2) is 0 Å². The van der Waals surface area contributed by atoms with Crippen molar-refractivity contribution < 1.29 is 9.53 Å². The SMILES string of the molecule is O=C(NCCc1ccc(Cl)cc1)c1cc(C2CCOCC2)c2cnccc2n1. The molecule has 0 bridgehead atoms. The Labute approximate surface area is 169 Å². The highest BCUT2D eigenvalue weighted by atomic mass is 35.5. The Bertz CT molecular complexity index is 969. The van der Waals surface area contributed by atoms with Gasteiger partial charge >= 0.3 is 0 Å². The molecule has 1 N–H and O–H groups in total. The van der Waals surface area contributed by atoms with Crippen molar-refractivity contribution in [2.24, 2.45) is 0 Å². The van der Waals surface area contributed by atoms with Crippen LogP contribution in [-0.4, -0.2) is 35.6 Å². The van der Waals surface area contributed by atoms with Crippen molar-refractivity contribution in [3.63, 3.8) is 0 Å². The quantitative estimate of drug-likeness (QED) is 0.704. The van der Waals surface area contributed by atoms with E-state index in [-0.39, 0.29) is 5.91 Å². The standard InChI is InChI=1S/C22H22ClN3O2/c23-17-3-1-15(2-4-17)5-10-25-22(27)21-13-18(16-7-11-28-12-8-16)19-14-24-9-6-20(19)26-21/h1-4,6,9,13-14,16H,5,7-8,10-12H2,(H,25,27). The molecular weight excluding hydrogens is 374 g/mol. The largest absolute Gasteiger partial charge is 0.381 e. The summed E-state index contributed by atoms with van der Waals surface area (Å²) >= 11 is 5.91. The van der Waals surface area contributed by atoms with E-state index < -0.39 is 0 Å². The number of halogens is 1. The fourth-order valence-electron chi connectivity index (χ4n) is 3.62. The highest BCUT2D eigenvalue weighted by molar-refractivity contribution is 6.30. The second-order valence-corrected chi connectivity index (χ2v) is 7.44. The Balaban J connectivity index is 1.52. The summed E-state index contributed by atoms with van der Waals surface area (Å²) in [4.78, 5) is 21.6. The smallest absolute Gasteiger partial charge is 0.269 e. The van der Waals surface area contributed by atoms with Gasteiger partial charge in [0.05, 0.1) is 5.52 Å². The highest BCUT2D eigenvalue weighted by Gasteiger charge is 2.21. The van der Waals surface area contributed by atoms with Crippen LogP contribution in [0.25, 0.3) is 10.9 Å². The normalized spacial score (nSPS) is 14.9. The Morgan fingerprint density at radius 2 is 1.96 bits per heavy atom. The first-order valence-corrected chi connectivity index (χ1v) is 9.93. The van der Waals surface area contributed by atoms with Crippen molar-refractivity contribution in [1.29, 1.82) is 0 Å². The number of fused-ring (bicyclic) bond motifs is 1. The molecule has 0 radical (unpaired) electrons. The van der Waals surface area contributed by atoms with Gasteiger partial charge in [0, 0.05) is 42.6 Å². The fourth-order valence-corrected chi connectivity index (χ4v) is 3.74. The zero-order valence-corrected chi connectivity index (χ0v) is 16.3. The zero-order valence-electron chi connectivity index (χ0n) is 15.5. The lowest BCUT2D eigenvalue weighted by Gasteiger charge is -2.24. The zero-order chi connectivity index (χ0) is 19.3. The molecule has 3 aromatic rings. The number of aromatic nitrogens is 2. The van der Waals surface area contributed by atoms with Crippen LogP contribution in [0.5, 0.6) is 0 Å². The Morgan fingerprint density at radius 3 is 2.75 bits per heavy atom. The monoisotopic (exact) mass is 395 g/mol. The van der Waals surface area contributed by atoms with Gasteiger partial charge in [-0.3, -0.25) is 9.78 Å². The van der Waals surface area contributed by atoms with Gasteiger partial charge in [-0.2, -0.15) is 0 Å². The molecule has 6 heteroatoms. The van der Waals surface area contributed by atoms with Gasteiger partial charge in [-0.05, 0) is 60.6 Å². The third kappa shape index (κ3) is 4.32. The lowest BCUT2D eigenvalue weighted by Crippen LogP contribution is -2.27. The van der Waals surface area contributed by atoms with Gasteiger partial charge in [0.25, 0.3) is 5.91 Å². The molecule has 144 valence electrons. The van der Waals surface area contributed by atoms with Crippen molar-refractivity contribution in [1.82, 2.24) is 15.3 Å². The first-order chi connectivity index (χ1) is 13.7. The maximum absolute atomic E-state index is 12.7. The van der Waals surface area contributed by atoms with Crippen LogP contribution in [0.3, 0.4) is 0 Å². The van der Waals surface area contributed by atoms with E-state index in [1.54, 1.807) is 6.20 Å². The minimum atomic E-state index is -0.152. The molecule has 3 heterocycles. The van der Waals surface area contributed by atoms with Crippen LogP contribution in [0, 0.1) is 0 Å². The first-order valence-electron chi connectivity index (χ1n) is 9.56. The number of ether oxygens (including phenoxy) is 1. The molecule has 1 aliphatic heterocycles. The van der Waals surface area contributed by atoms with Crippen molar-refractivity contribution in [2.75, 3.05) is 19.8 Å². The van der Waals surface area contributed by atoms with E-state index in [4.69, 9.17) is 16.3 Å². The minimum Gasteiger partial charge on any atom is -0.381 e. The summed E-state index contributed by atoms with van der Waals surface area (Å²) < 4.78 is 5.49. The topological polar surface area (TPSA) is 64.1 Å². The van der Waals surface area contributed by atoms with Crippen LogP contribution >= 0.6 is 11.6 Å². The van der Waals surface area contributed by atoms with E-state index in [2.05, 4.69) is 15.3 Å². The minimum absolute atomic E-state index is 0.152. The van der Waals surface area contributed by atoms with Crippen LogP contribution < -0.4 is 5.32 Å². The van der Waals surface area contributed by atoms with Gasteiger partial charge in [0.2, 0.25) is 0 Å². The molecule has 28 heavy (non-hydrogen) atoms. The number of amides is 1. The summed E-state index contributed by atoms with van der Waals surface area (Å²) in [5.74, 6) is 0.213. The van der Waals surface area contributed by atoms with Crippen molar-refractivity contribution >= 4 is 28.4 Å². The number of carbonyl (C=O) groups is 1. The van der Waals surface area contributed by atoms with Crippen molar-refractivity contribution in [3.05, 3.63) is 70.6 Å². The van der Waals surface area contributed by atoms with Crippen LogP contribution in [0.2, 0.25) is 5.02 Å². The fraction of sp³-hybridized carbons (Fsp3) is 0.318. The Kier molecular flexibility index (Phi) is 5.84. The van der Waals surface area contributed by atoms with Crippen LogP contribution in [0.15, 0.2) is 48.8 Å². The van der Waals surface area contributed by atoms with Gasteiger partial charge in [-0.1, -0.05) is 23.7 Å². The number of hydrogen-bond acceptors (Lipinski definition) is 4. The van der Waals surface area contributed by atoms with Gasteiger partial charge in [-0.15, -0.1) is 0 Å². The van der Waals surface area contributed by atoms with Gasteiger partial charge in [0.1, 0.15) is 5.69 Å². The van der Waals surface area contributed by atoms with Crippen LogP contribution in [0.1, 0.15) is 40.4 Å². The molecule has 0 saturated carbocycles. The predicted octanol–water partition coefficient (Wildman–Crippen LogP) is 4.15. The molecule has 5 nitrogen and oxygen atoms in total. The van der Waals surface area contributed by atoms with Gasteiger partial charge < -0.3 is 10.1 Å². The Morgan fingerprint density at radius 1 is 1.18 bits per heavy atom. The van der Waals surface area contributed by atoms with E-state index in [0.29, 0.717) is 23.2 Å². The van der Waals surface area contributed by atoms with Crippen molar-refractivity contribution in [2.45, 2.75) is 25.2 Å². The molecule has 1 aliphatic rings. The molecule has 1 saturated heterocycles.